The number of esters is 2. The van der Waals surface area contributed by atoms with Crippen LogP contribution in [0, 0.1) is 11.3 Å². The maximum Gasteiger partial charge on any atom is 0.328 e. The summed E-state index contributed by atoms with van der Waals surface area (Å²) in [5.74, 6) is -1.17. The summed E-state index contributed by atoms with van der Waals surface area (Å²) in [4.78, 5) is 57.5. The maximum absolute atomic E-state index is 12.8. The Balaban J connectivity index is 1.50. The highest BCUT2D eigenvalue weighted by atomic mass is 16.5. The number of fused-ring (bicyclic) bond motifs is 1. The van der Waals surface area contributed by atoms with Crippen LogP contribution in [0.2, 0.25) is 0 Å². The predicted molar refractivity (Wildman–Crippen MR) is 159 cm³/mol. The Labute approximate surface area is 251 Å². The fourth-order valence-corrected chi connectivity index (χ4v) is 4.32. The van der Waals surface area contributed by atoms with Crippen LogP contribution in [0.25, 0.3) is 0 Å². The smallest absolute Gasteiger partial charge is 0.328 e. The van der Waals surface area contributed by atoms with Crippen molar-refractivity contribution in [2.24, 2.45) is 11.3 Å². The first-order valence-electron chi connectivity index (χ1n) is 14.5. The Morgan fingerprint density at radius 3 is 2.42 bits per heavy atom. The first-order valence-corrected chi connectivity index (χ1v) is 14.5. The van der Waals surface area contributed by atoms with Crippen LogP contribution >= 0.6 is 0 Å². The fraction of sp³-hybridized carbons (Fsp3) is 0.533. The average molecular weight is 599 g/mol. The van der Waals surface area contributed by atoms with E-state index in [1.807, 2.05) is 12.1 Å². The molecule has 1 aliphatic heterocycles. The highest BCUT2D eigenvalue weighted by Gasteiger charge is 2.27. The average Bonchev–Trinajstić information content (AvgIpc) is 2.95. The zero-order valence-corrected chi connectivity index (χ0v) is 25.4. The monoisotopic (exact) mass is 598 g/mol. The van der Waals surface area contributed by atoms with Crippen LogP contribution in [-0.2, 0) is 36.8 Å². The standard InChI is InChI=1S/C30H42N6O7/c1-6-42-23(37)13-12-22(27(40)43-7-2)33-25(38)20-10-8-18(9-11-20)15-31-16-19-14-21-24(32-17-19)34-29(35-26(21)39)36-28(41)30(3,4)5/h8-11,19,22,31H,6-7,12-17H2,1-5H3,(H,33,38)(H3,32,34,35,36,39,41)/t19?,22-/m0/s1. The number of carbonyl (C=O) groups excluding carboxylic acids is 4. The number of hydrogen-bond donors (Lipinski definition) is 5. The molecule has 5 N–H and O–H groups in total. The lowest BCUT2D eigenvalue weighted by atomic mass is 9.95. The van der Waals surface area contributed by atoms with Gasteiger partial charge in [-0.2, -0.15) is 9.97 Å². The van der Waals surface area contributed by atoms with Gasteiger partial charge in [0.05, 0.1) is 18.8 Å². The molecule has 0 spiro atoms. The van der Waals surface area contributed by atoms with Crippen molar-refractivity contribution in [3.63, 3.8) is 0 Å². The molecule has 1 aromatic carbocycles. The van der Waals surface area contributed by atoms with Crippen molar-refractivity contribution < 1.29 is 33.8 Å². The van der Waals surface area contributed by atoms with Gasteiger partial charge in [-0.1, -0.05) is 32.9 Å². The molecule has 0 radical (unpaired) electrons. The van der Waals surface area contributed by atoms with Crippen LogP contribution in [0.1, 0.15) is 68.9 Å². The number of aromatic nitrogens is 2. The van der Waals surface area contributed by atoms with Crippen molar-refractivity contribution in [1.82, 2.24) is 20.6 Å². The van der Waals surface area contributed by atoms with E-state index in [0.717, 1.165) is 5.56 Å². The molecule has 234 valence electrons. The summed E-state index contributed by atoms with van der Waals surface area (Å²) in [7, 11) is 0. The minimum Gasteiger partial charge on any atom is -0.493 e. The second-order valence-electron chi connectivity index (χ2n) is 11.3. The van der Waals surface area contributed by atoms with Gasteiger partial charge in [-0.25, -0.2) is 4.79 Å². The molecule has 43 heavy (non-hydrogen) atoms. The lowest BCUT2D eigenvalue weighted by molar-refractivity contribution is -0.146. The quantitative estimate of drug-likeness (QED) is 0.214. The first kappa shape index (κ1) is 33.2. The van der Waals surface area contributed by atoms with E-state index >= 15 is 0 Å². The molecule has 0 saturated carbocycles. The Morgan fingerprint density at radius 1 is 1.07 bits per heavy atom. The molecule has 13 nitrogen and oxygen atoms in total. The molecule has 0 fully saturated rings. The second kappa shape index (κ2) is 15.3. The van der Waals surface area contributed by atoms with Gasteiger partial charge in [0.1, 0.15) is 11.9 Å². The second-order valence-corrected chi connectivity index (χ2v) is 11.3. The highest BCUT2D eigenvalue weighted by Crippen LogP contribution is 2.30. The number of nitrogens with zero attached hydrogens (tertiary/aromatic N) is 2. The van der Waals surface area contributed by atoms with Gasteiger partial charge in [0.2, 0.25) is 17.7 Å². The summed E-state index contributed by atoms with van der Waals surface area (Å²) >= 11 is 0. The van der Waals surface area contributed by atoms with Crippen LogP contribution in [-0.4, -0.2) is 71.2 Å². The predicted octanol–water partition coefficient (Wildman–Crippen LogP) is 2.55. The molecule has 1 unspecified atom stereocenters. The number of amides is 2. The summed E-state index contributed by atoms with van der Waals surface area (Å²) in [6, 6.07) is 6.02. The van der Waals surface area contributed by atoms with E-state index in [4.69, 9.17) is 9.47 Å². The largest absolute Gasteiger partial charge is 0.493 e. The number of benzene rings is 1. The number of aromatic hydroxyl groups is 1. The van der Waals surface area contributed by atoms with Crippen molar-refractivity contribution in [2.75, 3.05) is 36.9 Å². The molecule has 2 aromatic rings. The van der Waals surface area contributed by atoms with E-state index in [-0.39, 0.29) is 49.7 Å². The van der Waals surface area contributed by atoms with Crippen molar-refractivity contribution in [1.29, 1.82) is 0 Å². The van der Waals surface area contributed by atoms with E-state index in [0.29, 0.717) is 43.0 Å². The normalized spacial score (nSPS) is 15.0. The Morgan fingerprint density at radius 2 is 1.77 bits per heavy atom. The third kappa shape index (κ3) is 9.91. The van der Waals surface area contributed by atoms with Crippen LogP contribution in [0.5, 0.6) is 5.88 Å². The molecular formula is C30H42N6O7. The van der Waals surface area contributed by atoms with Crippen LogP contribution < -0.4 is 21.3 Å². The van der Waals surface area contributed by atoms with Gasteiger partial charge in [-0.05, 0) is 50.3 Å². The van der Waals surface area contributed by atoms with Crippen LogP contribution in [0.15, 0.2) is 24.3 Å². The lowest BCUT2D eigenvalue weighted by Gasteiger charge is -2.26. The topological polar surface area (TPSA) is 181 Å². The minimum absolute atomic E-state index is 0.0202. The van der Waals surface area contributed by atoms with E-state index in [1.165, 1.54) is 0 Å². The number of hydrogen-bond acceptors (Lipinski definition) is 11. The Kier molecular flexibility index (Phi) is 11.8. The fourth-order valence-electron chi connectivity index (χ4n) is 4.32. The molecule has 0 aliphatic carbocycles. The summed E-state index contributed by atoms with van der Waals surface area (Å²) in [6.07, 6.45) is 0.615. The summed E-state index contributed by atoms with van der Waals surface area (Å²) in [5.41, 5.74) is 1.31. The zero-order valence-electron chi connectivity index (χ0n) is 25.4. The Bertz CT molecular complexity index is 1290. The zero-order chi connectivity index (χ0) is 31.6. The summed E-state index contributed by atoms with van der Waals surface area (Å²) < 4.78 is 9.96. The number of carbonyl (C=O) groups is 4. The third-order valence-corrected chi connectivity index (χ3v) is 6.74. The van der Waals surface area contributed by atoms with Gasteiger partial charge in [0.15, 0.2) is 0 Å². The molecule has 2 atom stereocenters. The molecule has 2 amide bonds. The van der Waals surface area contributed by atoms with Crippen molar-refractivity contribution in [2.45, 2.75) is 66.5 Å². The summed E-state index contributed by atoms with van der Waals surface area (Å²) in [5, 5.41) is 22.4. The van der Waals surface area contributed by atoms with Gasteiger partial charge in [-0.15, -0.1) is 0 Å². The molecule has 1 aromatic heterocycles. The van der Waals surface area contributed by atoms with Crippen molar-refractivity contribution in [3.8, 4) is 5.88 Å². The van der Waals surface area contributed by atoms with Crippen molar-refractivity contribution >= 4 is 35.5 Å². The first-order chi connectivity index (χ1) is 20.4. The Hall–Kier alpha value is -4.26. The van der Waals surface area contributed by atoms with E-state index in [1.54, 1.807) is 46.8 Å². The third-order valence-electron chi connectivity index (χ3n) is 6.74. The molecule has 0 saturated heterocycles. The van der Waals surface area contributed by atoms with Gasteiger partial charge in [0.25, 0.3) is 5.91 Å². The highest BCUT2D eigenvalue weighted by molar-refractivity contribution is 5.97. The number of ether oxygens (including phenoxy) is 2. The number of anilines is 2. The van der Waals surface area contributed by atoms with Gasteiger partial charge >= 0.3 is 11.9 Å². The van der Waals surface area contributed by atoms with Gasteiger partial charge in [0, 0.05) is 37.0 Å². The molecule has 1 aliphatic rings. The molecule has 13 heteroatoms. The summed E-state index contributed by atoms with van der Waals surface area (Å²) in [6.45, 7) is 10.9. The van der Waals surface area contributed by atoms with E-state index in [2.05, 4.69) is 31.2 Å². The number of rotatable bonds is 13. The molecule has 2 heterocycles. The van der Waals surface area contributed by atoms with E-state index < -0.39 is 29.3 Å². The maximum atomic E-state index is 12.8. The van der Waals surface area contributed by atoms with Gasteiger partial charge < -0.3 is 30.5 Å². The lowest BCUT2D eigenvalue weighted by Crippen LogP contribution is -2.42. The molecular weight excluding hydrogens is 556 g/mol. The van der Waals surface area contributed by atoms with Crippen LogP contribution in [0.4, 0.5) is 11.8 Å². The number of nitrogens with one attached hydrogen (secondary N) is 4. The van der Waals surface area contributed by atoms with E-state index in [9.17, 15) is 24.3 Å². The molecule has 3 rings (SSSR count). The van der Waals surface area contributed by atoms with Crippen molar-refractivity contribution in [3.05, 3.63) is 41.0 Å². The van der Waals surface area contributed by atoms with Crippen LogP contribution in [0.3, 0.4) is 0 Å². The SMILES string of the molecule is CCOC(=O)CC[C@H](NC(=O)c1ccc(CNCC2CNc3nc(NC(=O)C(C)(C)C)nc(O)c3C2)cc1)C(=O)OCC. The minimum atomic E-state index is -0.967. The van der Waals surface area contributed by atoms with Gasteiger partial charge in [-0.3, -0.25) is 19.7 Å². The molecule has 0 bridgehead atoms.